The molecule has 2 fully saturated rings. The molecular weight excluding hydrogens is 344 g/mol. The fraction of sp³-hybridized carbons (Fsp3) is 0.375. The van der Waals surface area contributed by atoms with E-state index in [9.17, 15) is 19.7 Å². The molecule has 130 valence electrons. The molecule has 1 aliphatic heterocycles. The first-order valence-electron chi connectivity index (χ1n) is 7.99. The first-order valence-corrected chi connectivity index (χ1v) is 8.40. The van der Waals surface area contributed by atoms with Crippen LogP contribution in [-0.4, -0.2) is 44.0 Å². The van der Waals surface area contributed by atoms with E-state index in [0.717, 1.165) is 37.1 Å². The number of non-ortho nitro benzene ring substituents is 1. The molecule has 2 amide bonds. The summed E-state index contributed by atoms with van der Waals surface area (Å²) in [6.07, 6.45) is 6.17. The lowest BCUT2D eigenvalue weighted by molar-refractivity contribution is -0.384. The van der Waals surface area contributed by atoms with Gasteiger partial charge in [0.1, 0.15) is 0 Å². The van der Waals surface area contributed by atoms with Gasteiger partial charge in [-0.1, -0.05) is 19.3 Å². The van der Waals surface area contributed by atoms with Gasteiger partial charge in [0.05, 0.1) is 11.1 Å². The third-order valence-electron chi connectivity index (χ3n) is 4.35. The van der Waals surface area contributed by atoms with Crippen molar-refractivity contribution < 1.29 is 14.5 Å². The predicted octanol–water partition coefficient (Wildman–Crippen LogP) is 2.22. The second-order valence-corrected chi connectivity index (χ2v) is 6.32. The highest BCUT2D eigenvalue weighted by atomic mass is 32.1. The van der Waals surface area contributed by atoms with Gasteiger partial charge >= 0.3 is 11.8 Å². The van der Waals surface area contributed by atoms with Crippen LogP contribution in [0.3, 0.4) is 0 Å². The number of nitro groups is 1. The summed E-state index contributed by atoms with van der Waals surface area (Å²) in [5.41, 5.74) is 0.522. The van der Waals surface area contributed by atoms with Crippen molar-refractivity contribution in [3.63, 3.8) is 0 Å². The molecule has 0 bridgehead atoms. The first-order chi connectivity index (χ1) is 12.0. The molecule has 8 nitrogen and oxygen atoms in total. The minimum atomic E-state index is -0.770. The van der Waals surface area contributed by atoms with Gasteiger partial charge in [0.25, 0.3) is 5.69 Å². The molecule has 25 heavy (non-hydrogen) atoms. The largest absolute Gasteiger partial charge is 0.339 e. The number of rotatable bonds is 4. The third-order valence-corrected chi connectivity index (χ3v) is 4.72. The van der Waals surface area contributed by atoms with Crippen LogP contribution < -0.4 is 0 Å². The number of thiocarbonyl (C=S) groups is 1. The molecule has 9 heteroatoms. The SMILES string of the molecule is O=C1C(=O)N(C2CCCCC2)C(=S)N1/N=C/c1ccc([N+](=O)[O-])cc1. The van der Waals surface area contributed by atoms with Gasteiger partial charge in [0.2, 0.25) is 5.11 Å². The van der Waals surface area contributed by atoms with Crippen LogP contribution in [0.2, 0.25) is 0 Å². The van der Waals surface area contributed by atoms with Crippen molar-refractivity contribution in [2.24, 2.45) is 5.10 Å². The number of carbonyl (C=O) groups excluding carboxylic acids is 2. The number of hydrogen-bond acceptors (Lipinski definition) is 6. The van der Waals surface area contributed by atoms with Gasteiger partial charge in [-0.25, -0.2) is 0 Å². The number of nitrogens with zero attached hydrogens (tertiary/aromatic N) is 4. The van der Waals surface area contributed by atoms with Crippen molar-refractivity contribution in [2.75, 3.05) is 0 Å². The van der Waals surface area contributed by atoms with E-state index < -0.39 is 16.7 Å². The van der Waals surface area contributed by atoms with Gasteiger partial charge in [-0.05, 0) is 42.8 Å². The van der Waals surface area contributed by atoms with Crippen LogP contribution in [0.5, 0.6) is 0 Å². The zero-order valence-corrected chi connectivity index (χ0v) is 14.1. The minimum absolute atomic E-state index is 0.0384. The van der Waals surface area contributed by atoms with Gasteiger partial charge in [0, 0.05) is 18.2 Å². The number of carbonyl (C=O) groups is 2. The van der Waals surface area contributed by atoms with Crippen LogP contribution in [0.15, 0.2) is 29.4 Å². The lowest BCUT2D eigenvalue weighted by Crippen LogP contribution is -2.41. The Labute approximate surface area is 149 Å². The van der Waals surface area contributed by atoms with E-state index in [1.54, 1.807) is 0 Å². The molecule has 0 aromatic heterocycles. The fourth-order valence-corrected chi connectivity index (χ4v) is 3.40. The van der Waals surface area contributed by atoms with Gasteiger partial charge < -0.3 is 0 Å². The number of benzene rings is 1. The second-order valence-electron chi connectivity index (χ2n) is 5.96. The number of nitro benzene ring substituents is 1. The van der Waals surface area contributed by atoms with E-state index in [4.69, 9.17) is 12.2 Å². The van der Waals surface area contributed by atoms with E-state index in [-0.39, 0.29) is 16.8 Å². The zero-order chi connectivity index (χ0) is 18.0. The summed E-state index contributed by atoms with van der Waals surface area (Å²) in [4.78, 5) is 36.0. The Kier molecular flexibility index (Phi) is 4.84. The minimum Gasteiger partial charge on any atom is -0.276 e. The molecule has 2 aliphatic rings. The Morgan fingerprint density at radius 3 is 2.36 bits per heavy atom. The Morgan fingerprint density at radius 2 is 1.76 bits per heavy atom. The van der Waals surface area contributed by atoms with Crippen LogP contribution >= 0.6 is 12.2 Å². The quantitative estimate of drug-likeness (QED) is 0.270. The lowest BCUT2D eigenvalue weighted by Gasteiger charge is -2.29. The monoisotopic (exact) mass is 360 g/mol. The molecule has 1 saturated carbocycles. The topological polar surface area (TPSA) is 96.1 Å². The molecule has 0 atom stereocenters. The maximum Gasteiger partial charge on any atom is 0.339 e. The summed E-state index contributed by atoms with van der Waals surface area (Å²) < 4.78 is 0. The summed E-state index contributed by atoms with van der Waals surface area (Å²) in [6, 6.07) is 5.64. The van der Waals surface area contributed by atoms with Crippen LogP contribution in [-0.2, 0) is 9.59 Å². The summed E-state index contributed by atoms with van der Waals surface area (Å²) in [5.74, 6) is -1.41. The Morgan fingerprint density at radius 1 is 1.12 bits per heavy atom. The molecule has 0 spiro atoms. The molecule has 0 radical (unpaired) electrons. The summed E-state index contributed by atoms with van der Waals surface area (Å²) >= 11 is 5.27. The maximum absolute atomic E-state index is 12.3. The fourth-order valence-electron chi connectivity index (χ4n) is 3.04. The highest BCUT2D eigenvalue weighted by molar-refractivity contribution is 7.80. The van der Waals surface area contributed by atoms with E-state index in [1.165, 1.54) is 35.4 Å². The average molecular weight is 360 g/mol. The summed E-state index contributed by atoms with van der Waals surface area (Å²) in [6.45, 7) is 0. The van der Waals surface area contributed by atoms with Crippen molar-refractivity contribution in [3.05, 3.63) is 39.9 Å². The zero-order valence-electron chi connectivity index (χ0n) is 13.3. The highest BCUT2D eigenvalue weighted by Crippen LogP contribution is 2.27. The van der Waals surface area contributed by atoms with Crippen molar-refractivity contribution in [1.82, 2.24) is 9.91 Å². The second kappa shape index (κ2) is 7.06. The van der Waals surface area contributed by atoms with E-state index in [0.29, 0.717) is 5.56 Å². The molecule has 1 saturated heterocycles. The maximum atomic E-state index is 12.3. The predicted molar refractivity (Wildman–Crippen MR) is 93.9 cm³/mol. The van der Waals surface area contributed by atoms with Crippen LogP contribution in [0, 0.1) is 10.1 Å². The van der Waals surface area contributed by atoms with Crippen molar-refractivity contribution >= 4 is 41.0 Å². The molecule has 1 aromatic rings. The Hall–Kier alpha value is -2.68. The Balaban J connectivity index is 1.75. The first kappa shape index (κ1) is 17.2. The van der Waals surface area contributed by atoms with E-state index in [1.807, 2.05) is 0 Å². The normalized spacial score (nSPS) is 19.3. The molecule has 1 aliphatic carbocycles. The summed E-state index contributed by atoms with van der Waals surface area (Å²) in [7, 11) is 0. The van der Waals surface area contributed by atoms with Gasteiger partial charge in [0.15, 0.2) is 0 Å². The van der Waals surface area contributed by atoms with E-state index in [2.05, 4.69) is 5.10 Å². The standard InChI is InChI=1S/C16H16N4O4S/c21-14-15(22)19(16(25)18(14)12-4-2-1-3-5-12)17-10-11-6-8-13(9-7-11)20(23)24/h6-10,12H,1-5H2/b17-10+. The van der Waals surface area contributed by atoms with Gasteiger partial charge in [-0.15, -0.1) is 0 Å². The molecule has 0 N–H and O–H groups in total. The Bertz CT molecular complexity index is 756. The number of hydrazone groups is 1. The van der Waals surface area contributed by atoms with Gasteiger partial charge in [-0.2, -0.15) is 10.1 Å². The van der Waals surface area contributed by atoms with Crippen molar-refractivity contribution in [1.29, 1.82) is 0 Å². The van der Waals surface area contributed by atoms with E-state index >= 15 is 0 Å². The van der Waals surface area contributed by atoms with Crippen LogP contribution in [0.25, 0.3) is 0 Å². The van der Waals surface area contributed by atoms with Gasteiger partial charge in [-0.3, -0.25) is 24.6 Å². The van der Waals surface area contributed by atoms with Crippen molar-refractivity contribution in [2.45, 2.75) is 38.1 Å². The molecule has 1 aromatic carbocycles. The third kappa shape index (κ3) is 3.41. The lowest BCUT2D eigenvalue weighted by atomic mass is 9.94. The molecular formula is C16H16N4O4S. The highest BCUT2D eigenvalue weighted by Gasteiger charge is 2.45. The summed E-state index contributed by atoms with van der Waals surface area (Å²) in [5, 5.41) is 15.7. The molecule has 3 rings (SSSR count). The number of hydrogen-bond donors (Lipinski definition) is 0. The van der Waals surface area contributed by atoms with Crippen LogP contribution in [0.4, 0.5) is 5.69 Å². The molecule has 0 unspecified atom stereocenters. The average Bonchev–Trinajstić information content (AvgIpc) is 2.83. The smallest absolute Gasteiger partial charge is 0.276 e. The van der Waals surface area contributed by atoms with Crippen molar-refractivity contribution in [3.8, 4) is 0 Å². The molecule has 1 heterocycles. The van der Waals surface area contributed by atoms with Crippen LogP contribution in [0.1, 0.15) is 37.7 Å². The number of amides is 2.